The Morgan fingerprint density at radius 1 is 1.15 bits per heavy atom. The summed E-state index contributed by atoms with van der Waals surface area (Å²) in [5.74, 6) is -0.0494. The van der Waals surface area contributed by atoms with Crippen molar-refractivity contribution in [1.29, 1.82) is 0 Å². The molecule has 2 atom stereocenters. The minimum Gasteiger partial charge on any atom is -0.372 e. The third-order valence-electron chi connectivity index (χ3n) is 6.75. The van der Waals surface area contributed by atoms with Crippen LogP contribution >= 0.6 is 0 Å². The van der Waals surface area contributed by atoms with Crippen LogP contribution in [0.25, 0.3) is 0 Å². The Morgan fingerprint density at radius 2 is 1.88 bits per heavy atom. The summed E-state index contributed by atoms with van der Waals surface area (Å²) in [7, 11) is 2.22. The lowest BCUT2D eigenvalue weighted by Gasteiger charge is -2.36. The second-order valence-corrected chi connectivity index (χ2v) is 8.27. The molecule has 1 N–H and O–H groups in total. The van der Waals surface area contributed by atoms with Gasteiger partial charge in [0.05, 0.1) is 5.71 Å². The molecule has 5 rings (SSSR count). The van der Waals surface area contributed by atoms with Crippen molar-refractivity contribution in [3.8, 4) is 0 Å². The van der Waals surface area contributed by atoms with Gasteiger partial charge in [-0.05, 0) is 51.6 Å². The highest BCUT2D eigenvalue weighted by Crippen LogP contribution is 2.34. The number of nitrogens with one attached hydrogen (secondary N) is 1. The van der Waals surface area contributed by atoms with Gasteiger partial charge in [0.2, 0.25) is 0 Å². The molecule has 138 valence electrons. The normalized spacial score (nSPS) is 33.4. The fraction of sp³-hybridized carbons (Fsp3) is 0.650. The number of fused-ring (bicyclic) bond motifs is 3. The number of piperidine rings is 1. The van der Waals surface area contributed by atoms with Gasteiger partial charge in [-0.25, -0.2) is 0 Å². The van der Waals surface area contributed by atoms with Crippen molar-refractivity contribution in [1.82, 2.24) is 15.1 Å². The van der Waals surface area contributed by atoms with E-state index in [1.54, 1.807) is 0 Å². The molecule has 2 bridgehead atoms. The molecule has 2 unspecified atom stereocenters. The summed E-state index contributed by atoms with van der Waals surface area (Å²) in [6.45, 7) is 2.22. The van der Waals surface area contributed by atoms with Crippen molar-refractivity contribution in [2.24, 2.45) is 10.2 Å². The van der Waals surface area contributed by atoms with Gasteiger partial charge in [-0.3, -0.25) is 4.79 Å². The third-order valence-corrected chi connectivity index (χ3v) is 6.75. The molecular weight excluding hydrogens is 326 g/mol. The standard InChI is InChI=1S/C20H27N5O/c1-24-14-4-5-15(24)11-13(10-14)21-20(26)19-17-12-16(25-8-2-3-9-25)6-7-18(17)22-23-19/h6,12-15H,2-5,7-11H2,1H3,(H,21,26). The minimum absolute atomic E-state index is 0.0494. The zero-order chi connectivity index (χ0) is 17.7. The van der Waals surface area contributed by atoms with Crippen molar-refractivity contribution in [2.45, 2.75) is 63.1 Å². The van der Waals surface area contributed by atoms with Gasteiger partial charge >= 0.3 is 0 Å². The number of allylic oxidation sites excluding steroid dienone is 2. The zero-order valence-corrected chi connectivity index (χ0v) is 15.4. The summed E-state index contributed by atoms with van der Waals surface area (Å²) in [4.78, 5) is 17.8. The molecule has 6 nitrogen and oxygen atoms in total. The average Bonchev–Trinajstić information content (AvgIpc) is 3.34. The molecule has 3 fully saturated rings. The molecule has 0 spiro atoms. The largest absolute Gasteiger partial charge is 0.372 e. The molecular formula is C20H27N5O. The van der Waals surface area contributed by atoms with Gasteiger partial charge in [0.25, 0.3) is 5.91 Å². The van der Waals surface area contributed by atoms with Crippen molar-refractivity contribution in [2.75, 3.05) is 20.1 Å². The highest BCUT2D eigenvalue weighted by Gasteiger charge is 2.39. The summed E-state index contributed by atoms with van der Waals surface area (Å²) < 4.78 is 0. The fourth-order valence-corrected chi connectivity index (χ4v) is 5.21. The summed E-state index contributed by atoms with van der Waals surface area (Å²) in [5.41, 5.74) is 3.61. The van der Waals surface area contributed by atoms with Crippen molar-refractivity contribution in [3.05, 3.63) is 23.4 Å². The van der Waals surface area contributed by atoms with Gasteiger partial charge in [0.15, 0.2) is 5.71 Å². The van der Waals surface area contributed by atoms with Crippen LogP contribution in [0.1, 0.15) is 44.9 Å². The number of hydrogen-bond donors (Lipinski definition) is 1. The Bertz CT molecular complexity index is 729. The first-order valence-corrected chi connectivity index (χ1v) is 10.0. The van der Waals surface area contributed by atoms with Crippen LogP contribution in [0.3, 0.4) is 0 Å². The molecule has 0 radical (unpaired) electrons. The van der Waals surface area contributed by atoms with E-state index < -0.39 is 0 Å². The van der Waals surface area contributed by atoms with Crippen molar-refractivity contribution < 1.29 is 4.79 Å². The van der Waals surface area contributed by atoms with Crippen LogP contribution in [0.2, 0.25) is 0 Å². The maximum atomic E-state index is 12.9. The molecule has 0 aromatic rings. The van der Waals surface area contributed by atoms with Gasteiger partial charge in [0.1, 0.15) is 0 Å². The number of carbonyl (C=O) groups is 1. The monoisotopic (exact) mass is 353 g/mol. The van der Waals surface area contributed by atoms with Crippen LogP contribution < -0.4 is 5.32 Å². The molecule has 0 aromatic heterocycles. The summed E-state index contributed by atoms with van der Waals surface area (Å²) in [6, 6.07) is 1.51. The average molecular weight is 353 g/mol. The van der Waals surface area contributed by atoms with E-state index in [1.807, 2.05) is 0 Å². The van der Waals surface area contributed by atoms with Gasteiger partial charge < -0.3 is 15.1 Å². The van der Waals surface area contributed by atoms with Crippen LogP contribution in [0.15, 0.2) is 33.6 Å². The Labute approximate surface area is 154 Å². The number of rotatable bonds is 3. The van der Waals surface area contributed by atoms with Crippen molar-refractivity contribution in [3.63, 3.8) is 0 Å². The summed E-state index contributed by atoms with van der Waals surface area (Å²) in [5, 5.41) is 11.8. The second-order valence-electron chi connectivity index (χ2n) is 8.27. The molecule has 4 heterocycles. The van der Waals surface area contributed by atoms with E-state index in [4.69, 9.17) is 0 Å². The Balaban J connectivity index is 1.28. The van der Waals surface area contributed by atoms with Crippen LogP contribution in [-0.4, -0.2) is 65.4 Å². The topological polar surface area (TPSA) is 60.3 Å². The molecule has 5 aliphatic rings. The van der Waals surface area contributed by atoms with E-state index in [9.17, 15) is 4.79 Å². The predicted octanol–water partition coefficient (Wildman–Crippen LogP) is 1.85. The maximum absolute atomic E-state index is 12.9. The zero-order valence-electron chi connectivity index (χ0n) is 15.4. The van der Waals surface area contributed by atoms with Crippen molar-refractivity contribution >= 4 is 17.3 Å². The van der Waals surface area contributed by atoms with Crippen LogP contribution in [-0.2, 0) is 4.79 Å². The number of amides is 1. The van der Waals surface area contributed by atoms with Gasteiger partial charge in [-0.2, -0.15) is 5.10 Å². The number of hydrogen-bond acceptors (Lipinski definition) is 5. The van der Waals surface area contributed by atoms with E-state index in [0.717, 1.165) is 43.6 Å². The molecule has 6 heteroatoms. The van der Waals surface area contributed by atoms with E-state index in [1.165, 1.54) is 31.4 Å². The van der Waals surface area contributed by atoms with Crippen LogP contribution in [0.4, 0.5) is 0 Å². The predicted molar refractivity (Wildman–Crippen MR) is 102 cm³/mol. The summed E-state index contributed by atoms with van der Waals surface area (Å²) in [6.07, 6.45) is 12.2. The van der Waals surface area contributed by atoms with Crippen LogP contribution in [0.5, 0.6) is 0 Å². The lowest BCUT2D eigenvalue weighted by atomic mass is 9.94. The Kier molecular flexibility index (Phi) is 3.96. The van der Waals surface area contributed by atoms with E-state index in [-0.39, 0.29) is 11.9 Å². The Morgan fingerprint density at radius 3 is 2.62 bits per heavy atom. The number of carbonyl (C=O) groups excluding carboxylic acids is 1. The second kappa shape index (κ2) is 6.34. The third kappa shape index (κ3) is 2.71. The van der Waals surface area contributed by atoms with E-state index in [0.29, 0.717) is 17.8 Å². The molecule has 26 heavy (non-hydrogen) atoms. The lowest BCUT2D eigenvalue weighted by molar-refractivity contribution is -0.115. The number of likely N-dealkylation sites (tertiary alicyclic amines) is 1. The SMILES string of the molecule is CN1C2CCC1CC(NC(=O)C1=NN=C3CC=C(N4CCCC4)C=C31)C2. The lowest BCUT2D eigenvalue weighted by Crippen LogP contribution is -2.50. The smallest absolute Gasteiger partial charge is 0.272 e. The fourth-order valence-electron chi connectivity index (χ4n) is 5.21. The Hall–Kier alpha value is -1.95. The molecule has 0 saturated carbocycles. The molecule has 1 aliphatic carbocycles. The number of nitrogens with zero attached hydrogens (tertiary/aromatic N) is 4. The highest BCUT2D eigenvalue weighted by atomic mass is 16.2. The first kappa shape index (κ1) is 16.2. The first-order chi connectivity index (χ1) is 12.7. The molecule has 0 aromatic carbocycles. The summed E-state index contributed by atoms with van der Waals surface area (Å²) >= 11 is 0. The maximum Gasteiger partial charge on any atom is 0.272 e. The first-order valence-electron chi connectivity index (χ1n) is 10.0. The van der Waals surface area contributed by atoms with Gasteiger partial charge in [-0.1, -0.05) is 6.08 Å². The molecule has 3 saturated heterocycles. The molecule has 1 amide bonds. The minimum atomic E-state index is -0.0494. The molecule has 4 aliphatic heterocycles. The van der Waals surface area contributed by atoms with Gasteiger partial charge in [0, 0.05) is 48.9 Å². The quantitative estimate of drug-likeness (QED) is 0.842. The van der Waals surface area contributed by atoms with E-state index >= 15 is 0 Å². The highest BCUT2D eigenvalue weighted by molar-refractivity contribution is 6.53. The van der Waals surface area contributed by atoms with E-state index in [2.05, 4.69) is 44.5 Å². The van der Waals surface area contributed by atoms with Crippen LogP contribution in [0, 0.1) is 0 Å². The van der Waals surface area contributed by atoms with Gasteiger partial charge in [-0.15, -0.1) is 5.10 Å².